The smallest absolute Gasteiger partial charge is 0.410 e. The van der Waals surface area contributed by atoms with E-state index in [4.69, 9.17) is 9.72 Å². The second-order valence-electron chi connectivity index (χ2n) is 10.1. The van der Waals surface area contributed by atoms with Gasteiger partial charge in [0.1, 0.15) is 17.3 Å². The van der Waals surface area contributed by atoms with Crippen LogP contribution in [0.15, 0.2) is 42.5 Å². The van der Waals surface area contributed by atoms with E-state index in [0.29, 0.717) is 18.7 Å². The number of ether oxygens (including phenoxy) is 1. The number of carbonyl (C=O) groups excluding carboxylic acids is 2. The molecule has 0 aliphatic carbocycles. The molecule has 34 heavy (non-hydrogen) atoms. The van der Waals surface area contributed by atoms with Gasteiger partial charge in [-0.1, -0.05) is 18.2 Å². The van der Waals surface area contributed by atoms with Crippen LogP contribution in [0.2, 0.25) is 0 Å². The molecular formula is C27H30N4O3. The highest BCUT2D eigenvalue weighted by molar-refractivity contribution is 6.14. The average Bonchev–Trinajstić information content (AvgIpc) is 3.37. The second kappa shape index (κ2) is 8.01. The molecule has 0 saturated carbocycles. The normalized spacial score (nSPS) is 16.5. The molecule has 1 aliphatic rings. The number of hydrogen-bond acceptors (Lipinski definition) is 4. The zero-order valence-electron chi connectivity index (χ0n) is 20.3. The maximum Gasteiger partial charge on any atom is 0.410 e. The number of aromatic nitrogens is 2. The van der Waals surface area contributed by atoms with E-state index in [1.165, 1.54) is 10.5 Å². The molecule has 2 aromatic heterocycles. The number of benzene rings is 2. The van der Waals surface area contributed by atoms with Crippen LogP contribution >= 0.6 is 0 Å². The van der Waals surface area contributed by atoms with Gasteiger partial charge in [-0.25, -0.2) is 9.78 Å². The molecule has 0 bridgehead atoms. The molecule has 4 aromatic rings. The highest BCUT2D eigenvalue weighted by Crippen LogP contribution is 2.35. The first-order chi connectivity index (χ1) is 16.1. The zero-order chi connectivity index (χ0) is 24.2. The molecule has 0 spiro atoms. The molecule has 1 atom stereocenters. The Balaban J connectivity index is 1.49. The Morgan fingerprint density at radius 3 is 2.65 bits per heavy atom. The molecule has 7 heteroatoms. The Kier molecular flexibility index (Phi) is 5.23. The monoisotopic (exact) mass is 458 g/mol. The maximum atomic E-state index is 13.2. The lowest BCUT2D eigenvalue weighted by Gasteiger charge is -2.28. The third-order valence-corrected chi connectivity index (χ3v) is 6.53. The fourth-order valence-electron chi connectivity index (χ4n) is 4.95. The Bertz CT molecular complexity index is 1450. The molecule has 0 unspecified atom stereocenters. The number of amides is 2. The van der Waals surface area contributed by atoms with E-state index < -0.39 is 17.7 Å². The van der Waals surface area contributed by atoms with Gasteiger partial charge in [-0.05, 0) is 70.4 Å². The first-order valence-corrected chi connectivity index (χ1v) is 11.7. The van der Waals surface area contributed by atoms with Crippen molar-refractivity contribution in [1.29, 1.82) is 0 Å². The summed E-state index contributed by atoms with van der Waals surface area (Å²) in [6.45, 7) is 8.13. The third kappa shape index (κ3) is 3.75. The predicted octanol–water partition coefficient (Wildman–Crippen LogP) is 5.53. The molecule has 176 valence electrons. The number of anilines is 1. The predicted molar refractivity (Wildman–Crippen MR) is 135 cm³/mol. The quantitative estimate of drug-likeness (QED) is 0.429. The Hall–Kier alpha value is -3.61. The van der Waals surface area contributed by atoms with Crippen LogP contribution in [0, 0.1) is 6.92 Å². The van der Waals surface area contributed by atoms with Crippen LogP contribution in [-0.2, 0) is 16.6 Å². The van der Waals surface area contributed by atoms with Crippen LogP contribution in [0.1, 0.15) is 39.2 Å². The first kappa shape index (κ1) is 22.2. The van der Waals surface area contributed by atoms with E-state index in [-0.39, 0.29) is 5.91 Å². The largest absolute Gasteiger partial charge is 0.444 e. The van der Waals surface area contributed by atoms with Gasteiger partial charge in [0, 0.05) is 35.4 Å². The van der Waals surface area contributed by atoms with Crippen molar-refractivity contribution < 1.29 is 14.3 Å². The molecule has 5 rings (SSSR count). The van der Waals surface area contributed by atoms with Crippen LogP contribution in [0.25, 0.3) is 32.8 Å². The summed E-state index contributed by atoms with van der Waals surface area (Å²) in [4.78, 5) is 32.2. The summed E-state index contributed by atoms with van der Waals surface area (Å²) in [6.07, 6.45) is 0.956. The minimum absolute atomic E-state index is 0.191. The standard InChI is InChI=1S/C27H30N4O3/c1-16-18-9-6-7-10-20(18)29-24-23(16)19-15-17(12-13-21(19)30(24)5)28-25(32)22-11-8-14-31(22)26(33)34-27(2,3)4/h6-7,9-10,12-13,15,22H,8,11,14H2,1-5H3,(H,28,32)/t22-/m0/s1. The summed E-state index contributed by atoms with van der Waals surface area (Å²) in [7, 11) is 2.02. The number of hydrogen-bond donors (Lipinski definition) is 1. The Morgan fingerprint density at radius 1 is 1.12 bits per heavy atom. The van der Waals surface area contributed by atoms with E-state index in [2.05, 4.69) is 22.9 Å². The Morgan fingerprint density at radius 2 is 1.88 bits per heavy atom. The second-order valence-corrected chi connectivity index (χ2v) is 10.1. The molecule has 3 heterocycles. The van der Waals surface area contributed by atoms with Gasteiger partial charge in [0.25, 0.3) is 0 Å². The van der Waals surface area contributed by atoms with Crippen molar-refractivity contribution in [3.63, 3.8) is 0 Å². The fourth-order valence-corrected chi connectivity index (χ4v) is 4.95. The van der Waals surface area contributed by atoms with E-state index in [0.717, 1.165) is 39.3 Å². The van der Waals surface area contributed by atoms with Gasteiger partial charge in [-0.15, -0.1) is 0 Å². The summed E-state index contributed by atoms with van der Waals surface area (Å²) < 4.78 is 7.60. The minimum atomic E-state index is -0.601. The average molecular weight is 459 g/mol. The number of rotatable bonds is 2. The van der Waals surface area contributed by atoms with Crippen LogP contribution < -0.4 is 5.32 Å². The summed E-state index contributed by atoms with van der Waals surface area (Å²) in [5.74, 6) is -0.191. The number of carbonyl (C=O) groups is 2. The zero-order valence-corrected chi connectivity index (χ0v) is 20.3. The molecule has 7 nitrogen and oxygen atoms in total. The third-order valence-electron chi connectivity index (χ3n) is 6.53. The van der Waals surface area contributed by atoms with Crippen molar-refractivity contribution in [1.82, 2.24) is 14.5 Å². The summed E-state index contributed by atoms with van der Waals surface area (Å²) in [6, 6.07) is 13.5. The molecule has 1 saturated heterocycles. The van der Waals surface area contributed by atoms with Crippen LogP contribution in [0.5, 0.6) is 0 Å². The molecule has 2 amide bonds. The first-order valence-electron chi connectivity index (χ1n) is 11.7. The van der Waals surface area contributed by atoms with Gasteiger partial charge in [-0.3, -0.25) is 9.69 Å². The van der Waals surface area contributed by atoms with Crippen molar-refractivity contribution in [2.75, 3.05) is 11.9 Å². The number of nitrogens with one attached hydrogen (secondary N) is 1. The number of para-hydroxylation sites is 1. The summed E-state index contributed by atoms with van der Waals surface area (Å²) in [5, 5.41) is 6.29. The number of likely N-dealkylation sites (tertiary alicyclic amines) is 1. The van der Waals surface area contributed by atoms with Gasteiger partial charge in [0.05, 0.1) is 11.0 Å². The molecule has 1 aliphatic heterocycles. The lowest BCUT2D eigenvalue weighted by molar-refractivity contribution is -0.120. The van der Waals surface area contributed by atoms with Crippen molar-refractivity contribution in [2.24, 2.45) is 7.05 Å². The number of nitrogens with zero attached hydrogens (tertiary/aromatic N) is 3. The van der Waals surface area contributed by atoms with Crippen molar-refractivity contribution in [3.8, 4) is 0 Å². The van der Waals surface area contributed by atoms with Gasteiger partial charge < -0.3 is 14.6 Å². The molecular weight excluding hydrogens is 428 g/mol. The summed E-state index contributed by atoms with van der Waals surface area (Å²) in [5.41, 5.74) is 4.21. The fraction of sp³-hybridized carbons (Fsp3) is 0.370. The van der Waals surface area contributed by atoms with Gasteiger partial charge in [0.15, 0.2) is 0 Å². The van der Waals surface area contributed by atoms with E-state index >= 15 is 0 Å². The van der Waals surface area contributed by atoms with Crippen LogP contribution in [-0.4, -0.2) is 44.6 Å². The van der Waals surface area contributed by atoms with Crippen LogP contribution in [0.4, 0.5) is 10.5 Å². The molecule has 2 aromatic carbocycles. The van der Waals surface area contributed by atoms with Gasteiger partial charge in [0.2, 0.25) is 5.91 Å². The highest BCUT2D eigenvalue weighted by Gasteiger charge is 2.36. The maximum absolute atomic E-state index is 13.2. The van der Waals surface area contributed by atoms with E-state index in [1.54, 1.807) is 0 Å². The molecule has 0 radical (unpaired) electrons. The molecule has 1 fully saturated rings. The van der Waals surface area contributed by atoms with Crippen LogP contribution in [0.3, 0.4) is 0 Å². The lowest BCUT2D eigenvalue weighted by Crippen LogP contribution is -2.45. The van der Waals surface area contributed by atoms with E-state index in [1.807, 2.05) is 64.2 Å². The summed E-state index contributed by atoms with van der Waals surface area (Å²) >= 11 is 0. The topological polar surface area (TPSA) is 76.5 Å². The molecule has 1 N–H and O–H groups in total. The minimum Gasteiger partial charge on any atom is -0.444 e. The number of aryl methyl sites for hydroxylation is 2. The van der Waals surface area contributed by atoms with Gasteiger partial charge >= 0.3 is 6.09 Å². The van der Waals surface area contributed by atoms with Crippen molar-refractivity contribution >= 4 is 50.5 Å². The SMILES string of the molecule is Cc1c2ccccc2nc2c1c1cc(NC(=O)[C@@H]3CCCN3C(=O)OC(C)(C)C)ccc1n2C. The van der Waals surface area contributed by atoms with Crippen molar-refractivity contribution in [2.45, 2.75) is 52.2 Å². The number of fused-ring (bicyclic) bond motifs is 4. The highest BCUT2D eigenvalue weighted by atomic mass is 16.6. The van der Waals surface area contributed by atoms with Crippen molar-refractivity contribution in [3.05, 3.63) is 48.0 Å². The van der Waals surface area contributed by atoms with Gasteiger partial charge in [-0.2, -0.15) is 0 Å². The number of pyridine rings is 1. The lowest BCUT2D eigenvalue weighted by atomic mass is 10.0. The Labute approximate surface area is 198 Å². The van der Waals surface area contributed by atoms with E-state index in [9.17, 15) is 9.59 Å².